The fraction of sp³-hybridized carbons (Fsp3) is 0.125. The third kappa shape index (κ3) is 1.81. The maximum atomic E-state index is 10.9. The average Bonchev–Trinajstić information content (AvgIpc) is 2.03. The molecule has 13 heavy (non-hydrogen) atoms. The standard InChI is InChI=1S/C8H8N2O3/c1-4(11)7-6(9)2-5(3-10-7)8(12)13/h2-3H,9H2,1H3,(H,12,13). The highest BCUT2D eigenvalue weighted by Crippen LogP contribution is 2.11. The molecule has 5 nitrogen and oxygen atoms in total. The van der Waals surface area contributed by atoms with E-state index in [2.05, 4.69) is 4.98 Å². The molecule has 1 heterocycles. The Labute approximate surface area is 74.2 Å². The summed E-state index contributed by atoms with van der Waals surface area (Å²) in [6.07, 6.45) is 1.11. The zero-order valence-corrected chi connectivity index (χ0v) is 6.94. The summed E-state index contributed by atoms with van der Waals surface area (Å²) in [4.78, 5) is 25.0. The van der Waals surface area contributed by atoms with Crippen LogP contribution in [0.15, 0.2) is 12.3 Å². The number of carboxylic acids is 1. The second-order valence-electron chi connectivity index (χ2n) is 2.52. The molecule has 1 aromatic heterocycles. The van der Waals surface area contributed by atoms with Gasteiger partial charge in [-0.25, -0.2) is 4.79 Å². The number of nitrogens with two attached hydrogens (primary N) is 1. The Morgan fingerprint density at radius 1 is 1.54 bits per heavy atom. The lowest BCUT2D eigenvalue weighted by molar-refractivity contribution is 0.0696. The van der Waals surface area contributed by atoms with E-state index < -0.39 is 5.97 Å². The van der Waals surface area contributed by atoms with Gasteiger partial charge in [0.25, 0.3) is 0 Å². The summed E-state index contributed by atoms with van der Waals surface area (Å²) in [5.41, 5.74) is 5.58. The number of nitrogen functional groups attached to an aromatic ring is 1. The number of anilines is 1. The molecule has 1 aromatic rings. The molecule has 0 radical (unpaired) electrons. The van der Waals surface area contributed by atoms with Gasteiger partial charge in [0.2, 0.25) is 0 Å². The third-order valence-electron chi connectivity index (χ3n) is 1.50. The molecule has 0 spiro atoms. The number of aromatic carboxylic acids is 1. The lowest BCUT2D eigenvalue weighted by Gasteiger charge is -2.00. The van der Waals surface area contributed by atoms with E-state index in [4.69, 9.17) is 10.8 Å². The molecular formula is C8H8N2O3. The predicted octanol–water partition coefficient (Wildman–Crippen LogP) is 0.565. The van der Waals surface area contributed by atoms with Crippen LogP contribution >= 0.6 is 0 Å². The summed E-state index contributed by atoms with van der Waals surface area (Å²) in [6, 6.07) is 1.21. The molecule has 0 fully saturated rings. The molecule has 0 saturated carbocycles. The van der Waals surface area contributed by atoms with Crippen molar-refractivity contribution in [3.63, 3.8) is 0 Å². The number of nitrogens with zero attached hydrogens (tertiary/aromatic N) is 1. The van der Waals surface area contributed by atoms with Crippen molar-refractivity contribution in [2.24, 2.45) is 0 Å². The molecule has 1 rings (SSSR count). The Bertz CT molecular complexity index is 374. The van der Waals surface area contributed by atoms with Crippen molar-refractivity contribution >= 4 is 17.4 Å². The first-order valence-electron chi connectivity index (χ1n) is 3.52. The van der Waals surface area contributed by atoms with Gasteiger partial charge in [-0.3, -0.25) is 9.78 Å². The molecule has 0 amide bonds. The number of pyridine rings is 1. The van der Waals surface area contributed by atoms with Crippen molar-refractivity contribution in [1.29, 1.82) is 0 Å². The van der Waals surface area contributed by atoms with Gasteiger partial charge in [-0.15, -0.1) is 0 Å². The topological polar surface area (TPSA) is 93.3 Å². The molecule has 0 bridgehead atoms. The monoisotopic (exact) mass is 180 g/mol. The molecule has 0 aromatic carbocycles. The van der Waals surface area contributed by atoms with Crippen LogP contribution in [-0.4, -0.2) is 21.8 Å². The summed E-state index contributed by atoms with van der Waals surface area (Å²) in [5, 5.41) is 8.56. The molecule has 0 aliphatic rings. The first kappa shape index (κ1) is 9.18. The number of carbonyl (C=O) groups excluding carboxylic acids is 1. The number of hydrogen-bond acceptors (Lipinski definition) is 4. The molecule has 0 aliphatic heterocycles. The van der Waals surface area contributed by atoms with Gasteiger partial charge < -0.3 is 10.8 Å². The van der Waals surface area contributed by atoms with Crippen LogP contribution in [-0.2, 0) is 0 Å². The minimum atomic E-state index is -1.12. The smallest absolute Gasteiger partial charge is 0.337 e. The van der Waals surface area contributed by atoms with E-state index in [0.29, 0.717) is 0 Å². The van der Waals surface area contributed by atoms with Crippen LogP contribution in [0.5, 0.6) is 0 Å². The van der Waals surface area contributed by atoms with Crippen LogP contribution in [0.4, 0.5) is 5.69 Å². The van der Waals surface area contributed by atoms with Crippen LogP contribution < -0.4 is 5.73 Å². The van der Waals surface area contributed by atoms with E-state index in [1.54, 1.807) is 0 Å². The van der Waals surface area contributed by atoms with E-state index in [-0.39, 0.29) is 22.7 Å². The van der Waals surface area contributed by atoms with Crippen molar-refractivity contribution in [3.8, 4) is 0 Å². The van der Waals surface area contributed by atoms with Crippen LogP contribution in [0.2, 0.25) is 0 Å². The second-order valence-corrected chi connectivity index (χ2v) is 2.52. The summed E-state index contributed by atoms with van der Waals surface area (Å²) >= 11 is 0. The van der Waals surface area contributed by atoms with Gasteiger partial charge in [0.15, 0.2) is 5.78 Å². The molecule has 0 aliphatic carbocycles. The normalized spacial score (nSPS) is 9.62. The number of carboxylic acid groups (broad SMARTS) is 1. The van der Waals surface area contributed by atoms with E-state index in [0.717, 1.165) is 6.20 Å². The highest BCUT2D eigenvalue weighted by molar-refractivity contribution is 5.98. The first-order valence-corrected chi connectivity index (χ1v) is 3.52. The van der Waals surface area contributed by atoms with Crippen molar-refractivity contribution in [1.82, 2.24) is 4.98 Å². The van der Waals surface area contributed by atoms with Gasteiger partial charge >= 0.3 is 5.97 Å². The fourth-order valence-corrected chi connectivity index (χ4v) is 0.893. The van der Waals surface area contributed by atoms with Gasteiger partial charge in [0.1, 0.15) is 5.69 Å². The Morgan fingerprint density at radius 2 is 2.15 bits per heavy atom. The van der Waals surface area contributed by atoms with Gasteiger partial charge in [-0.2, -0.15) is 0 Å². The zero-order valence-electron chi connectivity index (χ0n) is 6.94. The van der Waals surface area contributed by atoms with Crippen molar-refractivity contribution in [2.75, 3.05) is 5.73 Å². The zero-order chi connectivity index (χ0) is 10.0. The van der Waals surface area contributed by atoms with Gasteiger partial charge in [-0.1, -0.05) is 0 Å². The minimum absolute atomic E-state index is 0.0255. The highest BCUT2D eigenvalue weighted by atomic mass is 16.4. The highest BCUT2D eigenvalue weighted by Gasteiger charge is 2.10. The number of Topliss-reactive ketones (excluding diaryl/α,β-unsaturated/α-hetero) is 1. The number of aromatic nitrogens is 1. The summed E-state index contributed by atoms with van der Waals surface area (Å²) in [5.74, 6) is -1.40. The van der Waals surface area contributed by atoms with Crippen molar-refractivity contribution in [2.45, 2.75) is 6.92 Å². The quantitative estimate of drug-likeness (QED) is 0.648. The molecule has 0 atom stereocenters. The molecule has 3 N–H and O–H groups in total. The fourth-order valence-electron chi connectivity index (χ4n) is 0.893. The Balaban J connectivity index is 3.20. The van der Waals surface area contributed by atoms with Crippen LogP contribution in [0.25, 0.3) is 0 Å². The number of rotatable bonds is 2. The minimum Gasteiger partial charge on any atom is -0.478 e. The predicted molar refractivity (Wildman–Crippen MR) is 45.6 cm³/mol. The summed E-state index contributed by atoms with van der Waals surface area (Å²) in [6.45, 7) is 1.32. The van der Waals surface area contributed by atoms with Gasteiger partial charge in [0, 0.05) is 13.1 Å². The lowest BCUT2D eigenvalue weighted by atomic mass is 10.2. The SMILES string of the molecule is CC(=O)c1ncc(C(=O)O)cc1N. The largest absolute Gasteiger partial charge is 0.478 e. The summed E-state index contributed by atoms with van der Waals surface area (Å²) < 4.78 is 0. The van der Waals surface area contributed by atoms with Crippen LogP contribution in [0, 0.1) is 0 Å². The first-order chi connectivity index (χ1) is 6.02. The van der Waals surface area contributed by atoms with Gasteiger partial charge in [-0.05, 0) is 6.07 Å². The lowest BCUT2D eigenvalue weighted by Crippen LogP contribution is -2.06. The molecule has 0 unspecified atom stereocenters. The Hall–Kier alpha value is -1.91. The molecule has 0 saturated heterocycles. The number of hydrogen-bond donors (Lipinski definition) is 2. The van der Waals surface area contributed by atoms with E-state index in [1.165, 1.54) is 13.0 Å². The number of ketones is 1. The third-order valence-corrected chi connectivity index (χ3v) is 1.50. The Kier molecular flexibility index (Phi) is 2.27. The number of carbonyl (C=O) groups is 2. The van der Waals surface area contributed by atoms with E-state index in [1.807, 2.05) is 0 Å². The van der Waals surface area contributed by atoms with Crippen LogP contribution in [0.1, 0.15) is 27.8 Å². The molecule has 5 heteroatoms. The van der Waals surface area contributed by atoms with Crippen molar-refractivity contribution < 1.29 is 14.7 Å². The maximum Gasteiger partial charge on any atom is 0.337 e. The summed E-state index contributed by atoms with van der Waals surface area (Å²) in [7, 11) is 0. The van der Waals surface area contributed by atoms with Crippen molar-refractivity contribution in [3.05, 3.63) is 23.5 Å². The second kappa shape index (κ2) is 3.22. The van der Waals surface area contributed by atoms with Crippen LogP contribution in [0.3, 0.4) is 0 Å². The van der Waals surface area contributed by atoms with E-state index in [9.17, 15) is 9.59 Å². The average molecular weight is 180 g/mol. The molecule has 68 valence electrons. The van der Waals surface area contributed by atoms with E-state index >= 15 is 0 Å². The molecular weight excluding hydrogens is 172 g/mol. The maximum absolute atomic E-state index is 10.9. The Morgan fingerprint density at radius 3 is 2.54 bits per heavy atom. The van der Waals surface area contributed by atoms with Gasteiger partial charge in [0.05, 0.1) is 11.3 Å².